The lowest BCUT2D eigenvalue weighted by atomic mass is 10.1. The van der Waals surface area contributed by atoms with Crippen LogP contribution in [0.15, 0.2) is 12.2 Å². The standard InChI is InChI=1S/C19H36N2O3/c1-2-3-4-5-6-7-8-9-10-11-12-13-14-15-16-21-19(23)24-17-18(20)22/h7-8H,2-6,9-17H2,1H3,(H2,20,22)(H,21,23)/b8-7-. The molecule has 5 nitrogen and oxygen atoms in total. The third-order valence-corrected chi connectivity index (χ3v) is 3.80. The highest BCUT2D eigenvalue weighted by Gasteiger charge is 2.02. The van der Waals surface area contributed by atoms with Crippen LogP contribution < -0.4 is 11.1 Å². The van der Waals surface area contributed by atoms with Crippen molar-refractivity contribution in [1.29, 1.82) is 0 Å². The molecule has 0 rings (SSSR count). The van der Waals surface area contributed by atoms with Crippen LogP contribution in [0.2, 0.25) is 0 Å². The minimum Gasteiger partial charge on any atom is -0.439 e. The molecule has 2 amide bonds. The molecule has 0 aliphatic heterocycles. The van der Waals surface area contributed by atoms with Gasteiger partial charge in [-0.25, -0.2) is 4.79 Å². The number of primary amides is 1. The second-order valence-corrected chi connectivity index (χ2v) is 6.20. The van der Waals surface area contributed by atoms with Crippen molar-refractivity contribution >= 4 is 12.0 Å². The average Bonchev–Trinajstić information content (AvgIpc) is 2.56. The van der Waals surface area contributed by atoms with Crippen molar-refractivity contribution in [1.82, 2.24) is 5.32 Å². The van der Waals surface area contributed by atoms with E-state index in [1.807, 2.05) is 0 Å². The summed E-state index contributed by atoms with van der Waals surface area (Å²) in [6, 6.07) is 0. The van der Waals surface area contributed by atoms with E-state index in [2.05, 4.69) is 29.1 Å². The van der Waals surface area contributed by atoms with E-state index in [0.717, 1.165) is 12.8 Å². The highest BCUT2D eigenvalue weighted by atomic mass is 16.6. The molecule has 0 saturated carbocycles. The largest absolute Gasteiger partial charge is 0.439 e. The van der Waals surface area contributed by atoms with Crippen molar-refractivity contribution in [3.63, 3.8) is 0 Å². The zero-order valence-electron chi connectivity index (χ0n) is 15.4. The summed E-state index contributed by atoms with van der Waals surface area (Å²) < 4.78 is 4.59. The Labute approximate surface area is 147 Å². The fraction of sp³-hybridized carbons (Fsp3) is 0.789. The first kappa shape index (κ1) is 22.5. The zero-order valence-corrected chi connectivity index (χ0v) is 15.4. The first-order valence-electron chi connectivity index (χ1n) is 9.50. The van der Waals surface area contributed by atoms with Crippen LogP contribution in [0.3, 0.4) is 0 Å². The summed E-state index contributed by atoms with van der Waals surface area (Å²) in [5.74, 6) is -0.642. The van der Waals surface area contributed by atoms with Gasteiger partial charge in [0, 0.05) is 6.54 Å². The minimum absolute atomic E-state index is 0.362. The number of nitrogens with two attached hydrogens (primary N) is 1. The number of amides is 2. The maximum Gasteiger partial charge on any atom is 0.407 e. The maximum absolute atomic E-state index is 11.1. The highest BCUT2D eigenvalue weighted by molar-refractivity contribution is 5.78. The van der Waals surface area contributed by atoms with Gasteiger partial charge in [-0.15, -0.1) is 0 Å². The smallest absolute Gasteiger partial charge is 0.407 e. The molecule has 140 valence electrons. The van der Waals surface area contributed by atoms with Crippen LogP contribution in [-0.2, 0) is 9.53 Å². The van der Waals surface area contributed by atoms with Gasteiger partial charge < -0.3 is 15.8 Å². The summed E-state index contributed by atoms with van der Waals surface area (Å²) in [7, 11) is 0. The Kier molecular flexibility index (Phi) is 16.7. The van der Waals surface area contributed by atoms with Crippen LogP contribution in [0.5, 0.6) is 0 Å². The van der Waals surface area contributed by atoms with Gasteiger partial charge in [0.25, 0.3) is 5.91 Å². The van der Waals surface area contributed by atoms with Gasteiger partial charge in [-0.3, -0.25) is 4.79 Å². The Morgan fingerprint density at radius 3 is 2.00 bits per heavy atom. The molecule has 3 N–H and O–H groups in total. The van der Waals surface area contributed by atoms with Gasteiger partial charge >= 0.3 is 6.09 Å². The van der Waals surface area contributed by atoms with Crippen LogP contribution in [0.1, 0.15) is 84.0 Å². The molecular formula is C19H36N2O3. The monoisotopic (exact) mass is 340 g/mol. The van der Waals surface area contributed by atoms with Gasteiger partial charge in [0.1, 0.15) is 0 Å². The van der Waals surface area contributed by atoms with E-state index in [1.165, 1.54) is 64.2 Å². The average molecular weight is 341 g/mol. The maximum atomic E-state index is 11.1. The summed E-state index contributed by atoms with van der Waals surface area (Å²) in [5.41, 5.74) is 4.88. The van der Waals surface area contributed by atoms with Crippen LogP contribution in [0.25, 0.3) is 0 Å². The van der Waals surface area contributed by atoms with Crippen LogP contribution in [-0.4, -0.2) is 25.2 Å². The van der Waals surface area contributed by atoms with E-state index >= 15 is 0 Å². The van der Waals surface area contributed by atoms with Crippen LogP contribution in [0, 0.1) is 0 Å². The fourth-order valence-corrected chi connectivity index (χ4v) is 2.40. The Balaban J connectivity index is 3.18. The fourth-order valence-electron chi connectivity index (χ4n) is 2.40. The quantitative estimate of drug-likeness (QED) is 0.321. The van der Waals surface area contributed by atoms with Gasteiger partial charge in [0.15, 0.2) is 6.61 Å². The van der Waals surface area contributed by atoms with Crippen molar-refractivity contribution < 1.29 is 14.3 Å². The molecule has 0 unspecified atom stereocenters. The number of unbranched alkanes of at least 4 members (excludes halogenated alkanes) is 10. The molecule has 0 bridgehead atoms. The molecule has 0 saturated heterocycles. The topological polar surface area (TPSA) is 81.4 Å². The summed E-state index contributed by atoms with van der Waals surface area (Å²) in [6.07, 6.45) is 18.9. The molecule has 0 radical (unpaired) electrons. The lowest BCUT2D eigenvalue weighted by Gasteiger charge is -2.05. The minimum atomic E-state index is -0.642. The van der Waals surface area contributed by atoms with Gasteiger partial charge in [0.2, 0.25) is 0 Å². The van der Waals surface area contributed by atoms with Gasteiger partial charge in [-0.2, -0.15) is 0 Å². The Hall–Kier alpha value is -1.52. The molecule has 0 aromatic heterocycles. The Morgan fingerprint density at radius 2 is 1.42 bits per heavy atom. The zero-order chi connectivity index (χ0) is 17.9. The Morgan fingerprint density at radius 1 is 0.875 bits per heavy atom. The van der Waals surface area contributed by atoms with Gasteiger partial charge in [-0.05, 0) is 32.1 Å². The van der Waals surface area contributed by atoms with Crippen LogP contribution in [0.4, 0.5) is 4.79 Å². The van der Waals surface area contributed by atoms with E-state index in [4.69, 9.17) is 5.73 Å². The van der Waals surface area contributed by atoms with Crippen molar-refractivity contribution in [2.45, 2.75) is 84.0 Å². The summed E-state index contributed by atoms with van der Waals surface area (Å²) in [5, 5.41) is 2.60. The molecule has 24 heavy (non-hydrogen) atoms. The molecule has 0 aliphatic rings. The number of carbonyl (C=O) groups excluding carboxylic acids is 2. The van der Waals surface area contributed by atoms with E-state index in [0.29, 0.717) is 6.54 Å². The van der Waals surface area contributed by atoms with Crippen molar-refractivity contribution in [3.05, 3.63) is 12.2 Å². The normalized spacial score (nSPS) is 10.9. The highest BCUT2D eigenvalue weighted by Crippen LogP contribution is 2.08. The molecule has 0 aromatic rings. The molecule has 0 atom stereocenters. The molecule has 0 fully saturated rings. The predicted molar refractivity (Wildman–Crippen MR) is 98.8 cm³/mol. The number of carbonyl (C=O) groups is 2. The SMILES string of the molecule is CCCCCC/C=C\CCCCCCCCNC(=O)OCC(N)=O. The van der Waals surface area contributed by atoms with E-state index in [1.54, 1.807) is 0 Å². The van der Waals surface area contributed by atoms with Crippen molar-refractivity contribution in [3.8, 4) is 0 Å². The van der Waals surface area contributed by atoms with Crippen LogP contribution >= 0.6 is 0 Å². The predicted octanol–water partition coefficient (Wildman–Crippen LogP) is 4.46. The van der Waals surface area contributed by atoms with Crippen molar-refractivity contribution in [2.24, 2.45) is 5.73 Å². The lowest BCUT2D eigenvalue weighted by Crippen LogP contribution is -2.29. The van der Waals surface area contributed by atoms with E-state index in [9.17, 15) is 9.59 Å². The molecule has 0 spiro atoms. The summed E-state index contributed by atoms with van der Waals surface area (Å²) >= 11 is 0. The van der Waals surface area contributed by atoms with E-state index < -0.39 is 12.0 Å². The third kappa shape index (κ3) is 18.5. The first-order chi connectivity index (χ1) is 11.7. The van der Waals surface area contributed by atoms with E-state index in [-0.39, 0.29) is 6.61 Å². The molecule has 0 heterocycles. The number of alkyl carbamates (subject to hydrolysis) is 1. The Bertz CT molecular complexity index is 344. The number of nitrogens with one attached hydrogen (secondary N) is 1. The van der Waals surface area contributed by atoms with Gasteiger partial charge in [0.05, 0.1) is 0 Å². The lowest BCUT2D eigenvalue weighted by molar-refractivity contribution is -0.120. The molecule has 5 heteroatoms. The molecule has 0 aromatic carbocycles. The summed E-state index contributed by atoms with van der Waals surface area (Å²) in [4.78, 5) is 21.6. The second-order valence-electron chi connectivity index (χ2n) is 6.20. The molecule has 0 aliphatic carbocycles. The number of hydrogen-bond donors (Lipinski definition) is 2. The van der Waals surface area contributed by atoms with Crippen molar-refractivity contribution in [2.75, 3.05) is 13.2 Å². The number of allylic oxidation sites excluding steroid dienone is 2. The third-order valence-electron chi connectivity index (χ3n) is 3.80. The number of ether oxygens (including phenoxy) is 1. The van der Waals surface area contributed by atoms with Gasteiger partial charge in [-0.1, -0.05) is 64.0 Å². The second kappa shape index (κ2) is 17.8. The first-order valence-corrected chi connectivity index (χ1v) is 9.50. The summed E-state index contributed by atoms with van der Waals surface area (Å²) in [6.45, 7) is 2.46. The molecular weight excluding hydrogens is 304 g/mol. The number of rotatable bonds is 16. The number of hydrogen-bond acceptors (Lipinski definition) is 3.